The average Bonchev–Trinajstić information content (AvgIpc) is 3.18. The fourth-order valence-electron chi connectivity index (χ4n) is 4.93. The van der Waals surface area contributed by atoms with Gasteiger partial charge in [-0.15, -0.1) is 0 Å². The van der Waals surface area contributed by atoms with Gasteiger partial charge in [-0.05, 0) is 50.8 Å². The Bertz CT molecular complexity index is 1390. The van der Waals surface area contributed by atoms with Gasteiger partial charge < -0.3 is 9.64 Å². The largest absolute Gasteiger partial charge is 0.466 e. The molecule has 8 nitrogen and oxygen atoms in total. The van der Waals surface area contributed by atoms with Crippen molar-refractivity contribution in [3.8, 4) is 6.07 Å². The van der Waals surface area contributed by atoms with E-state index in [2.05, 4.69) is 6.07 Å². The van der Waals surface area contributed by atoms with Gasteiger partial charge in [-0.2, -0.15) is 5.26 Å². The van der Waals surface area contributed by atoms with Crippen molar-refractivity contribution < 1.29 is 14.3 Å². The molecule has 38 heavy (non-hydrogen) atoms. The summed E-state index contributed by atoms with van der Waals surface area (Å²) in [6.45, 7) is 7.38. The van der Waals surface area contributed by atoms with Crippen LogP contribution in [0.3, 0.4) is 0 Å². The quantitative estimate of drug-likeness (QED) is 0.287. The number of carbonyl (C=O) groups excluding carboxylic acids is 2. The molecule has 2 aliphatic rings. The van der Waals surface area contributed by atoms with Crippen LogP contribution in [0.25, 0.3) is 6.08 Å². The van der Waals surface area contributed by atoms with E-state index in [0.717, 1.165) is 12.0 Å². The SMILES string of the molecule is CCOC(=O)C1CCCN(c2c(C=C3SC(=S)N(Cc4ccccc4)C3=O)c(C)c(C#N)c(=O)n2CC)C1. The Hall–Kier alpha value is -3.42. The highest BCUT2D eigenvalue weighted by atomic mass is 32.2. The third kappa shape index (κ3) is 5.40. The third-order valence-corrected chi connectivity index (χ3v) is 8.21. The summed E-state index contributed by atoms with van der Waals surface area (Å²) < 4.78 is 7.29. The van der Waals surface area contributed by atoms with E-state index in [1.807, 2.05) is 42.2 Å². The number of carbonyl (C=O) groups is 2. The normalized spacial score (nSPS) is 18.7. The van der Waals surface area contributed by atoms with Crippen LogP contribution >= 0.6 is 24.0 Å². The predicted molar refractivity (Wildman–Crippen MR) is 153 cm³/mol. The van der Waals surface area contributed by atoms with E-state index in [-0.39, 0.29) is 28.9 Å². The van der Waals surface area contributed by atoms with Gasteiger partial charge >= 0.3 is 5.97 Å². The number of pyridine rings is 1. The molecule has 198 valence electrons. The van der Waals surface area contributed by atoms with Crippen molar-refractivity contribution >= 4 is 52.1 Å². The first-order valence-electron chi connectivity index (χ1n) is 12.7. The van der Waals surface area contributed by atoms with Crippen molar-refractivity contribution in [1.82, 2.24) is 9.47 Å². The number of hydrogen-bond acceptors (Lipinski definition) is 8. The number of rotatable bonds is 7. The first-order chi connectivity index (χ1) is 18.3. The Balaban J connectivity index is 1.79. The Morgan fingerprint density at radius 3 is 2.66 bits per heavy atom. The Morgan fingerprint density at radius 1 is 1.26 bits per heavy atom. The average molecular weight is 551 g/mol. The van der Waals surface area contributed by atoms with E-state index in [0.29, 0.717) is 65.4 Å². The van der Waals surface area contributed by atoms with Gasteiger partial charge in [-0.1, -0.05) is 54.3 Å². The molecule has 2 fully saturated rings. The fourth-order valence-corrected chi connectivity index (χ4v) is 6.17. The van der Waals surface area contributed by atoms with E-state index in [1.54, 1.807) is 29.4 Å². The van der Waals surface area contributed by atoms with Crippen LogP contribution in [0.1, 0.15) is 48.9 Å². The van der Waals surface area contributed by atoms with Gasteiger partial charge in [-0.25, -0.2) is 0 Å². The number of nitriles is 1. The van der Waals surface area contributed by atoms with Gasteiger partial charge in [0.25, 0.3) is 11.5 Å². The molecule has 1 aromatic heterocycles. The number of ether oxygens (including phenoxy) is 1. The molecule has 0 saturated carbocycles. The zero-order valence-corrected chi connectivity index (χ0v) is 23.4. The lowest BCUT2D eigenvalue weighted by Gasteiger charge is -2.36. The molecule has 2 aromatic rings. The molecular weight excluding hydrogens is 520 g/mol. The van der Waals surface area contributed by atoms with Crippen LogP contribution in [0, 0.1) is 24.2 Å². The van der Waals surface area contributed by atoms with Crippen LogP contribution in [0.2, 0.25) is 0 Å². The number of aromatic nitrogens is 1. The standard InChI is InChI=1S/C28H30N4O4S2/c1-4-31-24(30-13-9-12-20(17-30)27(35)36-5-2)21(18(3)22(15-29)25(31)33)14-23-26(34)32(28(37)38-23)16-19-10-7-6-8-11-19/h6-8,10-11,14,20H,4-5,9,12-13,16-17H2,1-3H3. The molecule has 1 unspecified atom stereocenters. The smallest absolute Gasteiger partial charge is 0.310 e. The molecule has 0 aliphatic carbocycles. The van der Waals surface area contributed by atoms with Crippen molar-refractivity contribution in [2.45, 2.75) is 46.7 Å². The van der Waals surface area contributed by atoms with Crippen molar-refractivity contribution in [1.29, 1.82) is 5.26 Å². The molecule has 0 radical (unpaired) electrons. The number of benzene rings is 1. The zero-order valence-electron chi connectivity index (χ0n) is 21.7. The zero-order chi connectivity index (χ0) is 27.4. The molecule has 0 bridgehead atoms. The van der Waals surface area contributed by atoms with Crippen LogP contribution in [-0.2, 0) is 27.4 Å². The van der Waals surface area contributed by atoms with Crippen LogP contribution in [0.5, 0.6) is 0 Å². The van der Waals surface area contributed by atoms with E-state index in [1.165, 1.54) is 11.8 Å². The molecule has 0 spiro atoms. The lowest BCUT2D eigenvalue weighted by Crippen LogP contribution is -2.43. The Labute approximate surface area is 231 Å². The number of thioether (sulfide) groups is 1. The summed E-state index contributed by atoms with van der Waals surface area (Å²) in [5.41, 5.74) is 1.75. The third-order valence-electron chi connectivity index (χ3n) is 6.84. The minimum atomic E-state index is -0.380. The van der Waals surface area contributed by atoms with E-state index in [9.17, 15) is 19.6 Å². The first kappa shape index (κ1) is 27.6. The summed E-state index contributed by atoms with van der Waals surface area (Å²) in [6, 6.07) is 11.7. The van der Waals surface area contributed by atoms with Crippen molar-refractivity contribution in [2.24, 2.45) is 5.92 Å². The van der Waals surface area contributed by atoms with E-state index >= 15 is 0 Å². The molecule has 1 aromatic carbocycles. The summed E-state index contributed by atoms with van der Waals surface area (Å²) in [6.07, 6.45) is 3.20. The monoisotopic (exact) mass is 550 g/mol. The minimum absolute atomic E-state index is 0.0422. The molecular formula is C28H30N4O4S2. The molecule has 0 N–H and O–H groups in total. The molecule has 4 rings (SSSR count). The number of thiocarbonyl (C=S) groups is 1. The summed E-state index contributed by atoms with van der Waals surface area (Å²) in [7, 11) is 0. The predicted octanol–water partition coefficient (Wildman–Crippen LogP) is 4.23. The molecule has 1 amide bonds. The van der Waals surface area contributed by atoms with Gasteiger partial charge in [0.1, 0.15) is 21.8 Å². The van der Waals surface area contributed by atoms with Crippen molar-refractivity contribution in [3.05, 3.63) is 67.8 Å². The van der Waals surface area contributed by atoms with E-state index in [4.69, 9.17) is 17.0 Å². The maximum Gasteiger partial charge on any atom is 0.310 e. The van der Waals surface area contributed by atoms with Gasteiger partial charge in [0.15, 0.2) is 0 Å². The number of nitrogens with zero attached hydrogens (tertiary/aromatic N) is 4. The van der Waals surface area contributed by atoms with Gasteiger partial charge in [0, 0.05) is 25.2 Å². The number of hydrogen-bond donors (Lipinski definition) is 0. The number of amides is 1. The lowest BCUT2D eigenvalue weighted by atomic mass is 9.96. The van der Waals surface area contributed by atoms with Crippen LogP contribution in [0.15, 0.2) is 40.0 Å². The van der Waals surface area contributed by atoms with Crippen LogP contribution in [-0.4, -0.2) is 45.4 Å². The van der Waals surface area contributed by atoms with Gasteiger partial charge in [0.05, 0.1) is 24.0 Å². The van der Waals surface area contributed by atoms with Crippen molar-refractivity contribution in [2.75, 3.05) is 24.6 Å². The lowest BCUT2D eigenvalue weighted by molar-refractivity contribution is -0.148. The summed E-state index contributed by atoms with van der Waals surface area (Å²) in [4.78, 5) is 43.3. The second-order valence-electron chi connectivity index (χ2n) is 9.19. The molecule has 2 saturated heterocycles. The minimum Gasteiger partial charge on any atom is -0.466 e. The topological polar surface area (TPSA) is 95.6 Å². The van der Waals surface area contributed by atoms with Crippen LogP contribution < -0.4 is 10.5 Å². The fraction of sp³-hybridized carbons (Fsp3) is 0.393. The highest BCUT2D eigenvalue weighted by Gasteiger charge is 2.34. The Kier molecular flexibility index (Phi) is 8.69. The summed E-state index contributed by atoms with van der Waals surface area (Å²) >= 11 is 6.75. The molecule has 10 heteroatoms. The second-order valence-corrected chi connectivity index (χ2v) is 10.9. The molecule has 1 atom stereocenters. The van der Waals surface area contributed by atoms with Gasteiger partial charge in [0.2, 0.25) is 0 Å². The number of piperidine rings is 1. The highest BCUT2D eigenvalue weighted by molar-refractivity contribution is 8.26. The van der Waals surface area contributed by atoms with Crippen molar-refractivity contribution in [3.63, 3.8) is 0 Å². The number of esters is 1. The maximum atomic E-state index is 13.5. The summed E-state index contributed by atoms with van der Waals surface area (Å²) in [5.74, 6) is -0.186. The highest BCUT2D eigenvalue weighted by Crippen LogP contribution is 2.37. The summed E-state index contributed by atoms with van der Waals surface area (Å²) in [5, 5.41) is 9.82. The Morgan fingerprint density at radius 2 is 2.00 bits per heavy atom. The molecule has 3 heterocycles. The number of anilines is 1. The van der Waals surface area contributed by atoms with Gasteiger partial charge in [-0.3, -0.25) is 23.9 Å². The second kappa shape index (κ2) is 12.0. The molecule has 2 aliphatic heterocycles. The van der Waals surface area contributed by atoms with E-state index < -0.39 is 0 Å². The van der Waals surface area contributed by atoms with Crippen LogP contribution in [0.4, 0.5) is 5.82 Å². The first-order valence-corrected chi connectivity index (χ1v) is 13.9. The maximum absolute atomic E-state index is 13.5.